The van der Waals surface area contributed by atoms with E-state index in [0.717, 1.165) is 6.42 Å². The van der Waals surface area contributed by atoms with E-state index in [1.165, 1.54) is 23.0 Å². The van der Waals surface area contributed by atoms with Crippen molar-refractivity contribution in [2.45, 2.75) is 31.1 Å². The molecule has 24 heavy (non-hydrogen) atoms. The molecular formula is C16H14F3N5. The molecule has 0 saturated heterocycles. The maximum Gasteiger partial charge on any atom is 0.248 e. The molecule has 2 N–H and O–H groups in total. The molecule has 0 atom stereocenters. The van der Waals surface area contributed by atoms with E-state index in [9.17, 15) is 13.2 Å². The fourth-order valence-electron chi connectivity index (χ4n) is 3.18. The number of pyridine rings is 1. The molecule has 1 saturated carbocycles. The summed E-state index contributed by atoms with van der Waals surface area (Å²) >= 11 is 0. The second-order valence-electron chi connectivity index (χ2n) is 6.03. The molecule has 0 amide bonds. The molecule has 8 heteroatoms. The van der Waals surface area contributed by atoms with Crippen molar-refractivity contribution in [2.24, 2.45) is 0 Å². The summed E-state index contributed by atoms with van der Waals surface area (Å²) in [5.74, 6) is -0.499. The van der Waals surface area contributed by atoms with Crippen LogP contribution in [-0.4, -0.2) is 26.0 Å². The van der Waals surface area contributed by atoms with Gasteiger partial charge in [0.15, 0.2) is 5.82 Å². The predicted molar refractivity (Wildman–Crippen MR) is 82.1 cm³/mol. The lowest BCUT2D eigenvalue weighted by molar-refractivity contribution is 0.000643. The monoisotopic (exact) mass is 333 g/mol. The number of nitrogens with zero attached hydrogens (tertiary/aromatic N) is 4. The summed E-state index contributed by atoms with van der Waals surface area (Å²) in [4.78, 5) is 8.01. The van der Waals surface area contributed by atoms with Crippen molar-refractivity contribution in [3.8, 4) is 11.4 Å². The average molecular weight is 333 g/mol. The first-order valence-corrected chi connectivity index (χ1v) is 7.56. The number of nitrogen functional groups attached to an aromatic ring is 1. The number of fused-ring (bicyclic) bond motifs is 1. The summed E-state index contributed by atoms with van der Waals surface area (Å²) in [6.07, 6.45) is 2.02. The van der Waals surface area contributed by atoms with E-state index in [4.69, 9.17) is 5.73 Å². The predicted octanol–water partition coefficient (Wildman–Crippen LogP) is 3.20. The highest BCUT2D eigenvalue weighted by molar-refractivity contribution is 5.64. The first-order chi connectivity index (χ1) is 11.5. The molecule has 0 aliphatic heterocycles. The molecule has 0 spiro atoms. The zero-order valence-corrected chi connectivity index (χ0v) is 12.6. The molecular weight excluding hydrogens is 319 g/mol. The van der Waals surface area contributed by atoms with Gasteiger partial charge in [-0.1, -0.05) is 12.5 Å². The van der Waals surface area contributed by atoms with Gasteiger partial charge in [-0.15, -0.1) is 5.10 Å². The third-order valence-electron chi connectivity index (χ3n) is 4.75. The SMILES string of the molecule is Nc1ncc2c(F)cc(-c3ccc(C4(C(F)F)CCC4)cn3)n2n1. The second kappa shape index (κ2) is 5.19. The molecule has 3 aromatic rings. The molecule has 0 aromatic carbocycles. The van der Waals surface area contributed by atoms with Crippen molar-refractivity contribution in [3.63, 3.8) is 0 Å². The van der Waals surface area contributed by atoms with Gasteiger partial charge in [0, 0.05) is 12.3 Å². The van der Waals surface area contributed by atoms with Crippen LogP contribution in [0.25, 0.3) is 16.9 Å². The standard InChI is InChI=1S/C16H14F3N5/c17-10-6-12(24-13(10)8-22-15(20)23-24)11-3-2-9(7-21-11)16(14(18)19)4-1-5-16/h2-3,6-8,14H,1,4-5H2,(H2,20,23). The van der Waals surface area contributed by atoms with Gasteiger partial charge in [0.1, 0.15) is 5.52 Å². The van der Waals surface area contributed by atoms with Gasteiger partial charge in [-0.3, -0.25) is 4.98 Å². The first kappa shape index (κ1) is 14.9. The third kappa shape index (κ3) is 2.05. The first-order valence-electron chi connectivity index (χ1n) is 7.56. The maximum absolute atomic E-state index is 14.0. The fourth-order valence-corrected chi connectivity index (χ4v) is 3.18. The van der Waals surface area contributed by atoms with Crippen LogP contribution < -0.4 is 5.73 Å². The number of aromatic nitrogens is 4. The number of hydrogen-bond acceptors (Lipinski definition) is 4. The summed E-state index contributed by atoms with van der Waals surface area (Å²) < 4.78 is 42.1. The molecule has 0 radical (unpaired) electrons. The minimum atomic E-state index is -2.42. The Morgan fingerprint density at radius 1 is 1.17 bits per heavy atom. The normalized spacial score (nSPS) is 16.5. The van der Waals surface area contributed by atoms with Crippen LogP contribution in [0.5, 0.6) is 0 Å². The van der Waals surface area contributed by atoms with E-state index in [1.807, 2.05) is 0 Å². The molecule has 1 aliphatic rings. The van der Waals surface area contributed by atoms with Gasteiger partial charge in [0.25, 0.3) is 0 Å². The van der Waals surface area contributed by atoms with Crippen molar-refractivity contribution in [3.05, 3.63) is 42.0 Å². The number of nitrogens with two attached hydrogens (primary N) is 1. The lowest BCUT2D eigenvalue weighted by Crippen LogP contribution is -2.41. The fraction of sp³-hybridized carbons (Fsp3) is 0.312. The minimum absolute atomic E-state index is 0.00194. The van der Waals surface area contributed by atoms with E-state index in [-0.39, 0.29) is 11.5 Å². The Bertz CT molecular complexity index is 900. The molecule has 0 unspecified atom stereocenters. The van der Waals surface area contributed by atoms with Gasteiger partial charge < -0.3 is 5.73 Å². The van der Waals surface area contributed by atoms with E-state index >= 15 is 0 Å². The lowest BCUT2D eigenvalue weighted by Gasteiger charge is -2.41. The molecule has 5 nitrogen and oxygen atoms in total. The van der Waals surface area contributed by atoms with Gasteiger partial charge in [-0.2, -0.15) is 0 Å². The van der Waals surface area contributed by atoms with Gasteiger partial charge in [-0.25, -0.2) is 22.7 Å². The Morgan fingerprint density at radius 2 is 1.96 bits per heavy atom. The van der Waals surface area contributed by atoms with Gasteiger partial charge in [0.2, 0.25) is 12.4 Å². The van der Waals surface area contributed by atoms with Crippen LogP contribution in [0.4, 0.5) is 19.1 Å². The van der Waals surface area contributed by atoms with E-state index in [1.54, 1.807) is 12.1 Å². The van der Waals surface area contributed by atoms with Crippen molar-refractivity contribution < 1.29 is 13.2 Å². The van der Waals surface area contributed by atoms with Gasteiger partial charge in [0.05, 0.1) is 23.0 Å². The molecule has 1 fully saturated rings. The Labute approximate surface area is 135 Å². The van der Waals surface area contributed by atoms with Crippen LogP contribution in [0, 0.1) is 5.82 Å². The molecule has 1 aliphatic carbocycles. The van der Waals surface area contributed by atoms with Crippen LogP contribution in [0.2, 0.25) is 0 Å². The van der Waals surface area contributed by atoms with Crippen molar-refractivity contribution in [2.75, 3.05) is 5.73 Å². The molecule has 3 aromatic heterocycles. The van der Waals surface area contributed by atoms with Crippen LogP contribution in [0.3, 0.4) is 0 Å². The molecule has 4 rings (SSSR count). The Morgan fingerprint density at radius 3 is 2.54 bits per heavy atom. The number of hydrogen-bond donors (Lipinski definition) is 1. The third-order valence-corrected chi connectivity index (χ3v) is 4.75. The van der Waals surface area contributed by atoms with Crippen LogP contribution in [0.15, 0.2) is 30.6 Å². The largest absolute Gasteiger partial charge is 0.367 e. The highest BCUT2D eigenvalue weighted by Gasteiger charge is 2.47. The zero-order valence-electron chi connectivity index (χ0n) is 12.6. The molecule has 124 valence electrons. The number of anilines is 1. The van der Waals surface area contributed by atoms with E-state index < -0.39 is 17.7 Å². The maximum atomic E-state index is 14.0. The van der Waals surface area contributed by atoms with Crippen molar-refractivity contribution in [1.82, 2.24) is 19.6 Å². The Balaban J connectivity index is 1.77. The second-order valence-corrected chi connectivity index (χ2v) is 6.03. The molecule has 0 bridgehead atoms. The van der Waals surface area contributed by atoms with E-state index in [2.05, 4.69) is 15.1 Å². The summed E-state index contributed by atoms with van der Waals surface area (Å²) in [7, 11) is 0. The summed E-state index contributed by atoms with van der Waals surface area (Å²) in [6, 6.07) is 4.52. The van der Waals surface area contributed by atoms with E-state index in [0.29, 0.717) is 29.8 Å². The summed E-state index contributed by atoms with van der Waals surface area (Å²) in [6.45, 7) is 0. The summed E-state index contributed by atoms with van der Waals surface area (Å²) in [5, 5.41) is 3.98. The highest BCUT2D eigenvalue weighted by Crippen LogP contribution is 2.48. The molecule has 3 heterocycles. The quantitative estimate of drug-likeness (QED) is 0.799. The summed E-state index contributed by atoms with van der Waals surface area (Å²) in [5.41, 5.74) is 5.97. The van der Waals surface area contributed by atoms with Crippen molar-refractivity contribution >= 4 is 11.5 Å². The Hall–Kier alpha value is -2.64. The van der Waals surface area contributed by atoms with Crippen LogP contribution >= 0.6 is 0 Å². The number of rotatable bonds is 3. The van der Waals surface area contributed by atoms with Crippen LogP contribution in [-0.2, 0) is 5.41 Å². The topological polar surface area (TPSA) is 69.1 Å². The highest BCUT2D eigenvalue weighted by atomic mass is 19.3. The smallest absolute Gasteiger partial charge is 0.248 e. The minimum Gasteiger partial charge on any atom is -0.367 e. The number of alkyl halides is 2. The van der Waals surface area contributed by atoms with Crippen LogP contribution in [0.1, 0.15) is 24.8 Å². The number of halogens is 3. The lowest BCUT2D eigenvalue weighted by atomic mass is 9.65. The Kier molecular flexibility index (Phi) is 3.22. The zero-order chi connectivity index (χ0) is 16.9. The van der Waals surface area contributed by atoms with Gasteiger partial charge in [-0.05, 0) is 24.5 Å². The van der Waals surface area contributed by atoms with Gasteiger partial charge >= 0.3 is 0 Å². The van der Waals surface area contributed by atoms with Crippen molar-refractivity contribution in [1.29, 1.82) is 0 Å². The average Bonchev–Trinajstić information content (AvgIpc) is 2.83.